The van der Waals surface area contributed by atoms with E-state index >= 15 is 0 Å². The molecule has 1 amide bonds. The molecule has 126 valence electrons. The molecule has 0 saturated carbocycles. The molecule has 2 atom stereocenters. The second-order valence-corrected chi connectivity index (χ2v) is 9.34. The molecule has 5 nitrogen and oxygen atoms in total. The van der Waals surface area contributed by atoms with Crippen LogP contribution in [0.2, 0.25) is 4.82 Å². The van der Waals surface area contributed by atoms with Crippen molar-refractivity contribution in [3.63, 3.8) is 0 Å². The summed E-state index contributed by atoms with van der Waals surface area (Å²) in [7, 11) is 1.35. The van der Waals surface area contributed by atoms with E-state index in [0.29, 0.717) is 13.0 Å². The number of hydrogen-bond donors (Lipinski definition) is 0. The number of ether oxygens (including phenoxy) is 2. The molecule has 6 heteroatoms. The summed E-state index contributed by atoms with van der Waals surface area (Å²) < 4.78 is 11.6. The van der Waals surface area contributed by atoms with Gasteiger partial charge in [0.2, 0.25) is 0 Å². The summed E-state index contributed by atoms with van der Waals surface area (Å²) in [5.41, 5.74) is -0.583. The summed E-state index contributed by atoms with van der Waals surface area (Å²) in [6, 6.07) is 9.63. The third kappa shape index (κ3) is 4.98. The van der Waals surface area contributed by atoms with Gasteiger partial charge in [0.1, 0.15) is 0 Å². The predicted octanol–water partition coefficient (Wildman–Crippen LogP) is 1.99. The molecule has 1 fully saturated rings. The molecular weight excluding hydrogens is 361 g/mol. The van der Waals surface area contributed by atoms with Crippen LogP contribution in [0, 0.1) is 0 Å². The number of carbonyl (C=O) groups is 2. The van der Waals surface area contributed by atoms with Gasteiger partial charge in [0.25, 0.3) is 0 Å². The van der Waals surface area contributed by atoms with Crippen molar-refractivity contribution in [2.45, 2.75) is 43.7 Å². The van der Waals surface area contributed by atoms with Crippen molar-refractivity contribution in [2.75, 3.05) is 13.7 Å². The number of rotatable bonds is 3. The van der Waals surface area contributed by atoms with Crippen LogP contribution < -0.4 is 4.46 Å². The number of carbonyl (C=O) groups excluding carboxylic acids is 2. The molecule has 2 rings (SSSR count). The maximum absolute atomic E-state index is 12.4. The molecule has 1 aromatic carbocycles. The Morgan fingerprint density at radius 1 is 1.22 bits per heavy atom. The summed E-state index contributed by atoms with van der Waals surface area (Å²) in [6.07, 6.45) is 0.181. The van der Waals surface area contributed by atoms with Crippen molar-refractivity contribution >= 4 is 31.5 Å². The molecule has 2 unspecified atom stereocenters. The minimum atomic E-state index is -0.583. The normalized spacial score (nSPS) is 21.1. The van der Waals surface area contributed by atoms with Crippen molar-refractivity contribution in [1.29, 1.82) is 0 Å². The number of methoxy groups -OCH3 is 1. The molecule has 0 bridgehead atoms. The Bertz CT molecular complexity index is 555. The fourth-order valence-electron chi connectivity index (χ4n) is 2.46. The van der Waals surface area contributed by atoms with Crippen LogP contribution >= 0.6 is 0 Å². The van der Waals surface area contributed by atoms with E-state index in [0.717, 1.165) is 0 Å². The first-order valence-electron chi connectivity index (χ1n) is 7.59. The minimum absolute atomic E-state index is 0.199. The van der Waals surface area contributed by atoms with Gasteiger partial charge in [-0.2, -0.15) is 0 Å². The molecule has 1 saturated heterocycles. The van der Waals surface area contributed by atoms with Crippen LogP contribution in [0.1, 0.15) is 27.2 Å². The van der Waals surface area contributed by atoms with Gasteiger partial charge in [0, 0.05) is 0 Å². The van der Waals surface area contributed by atoms with Crippen LogP contribution in [0.15, 0.2) is 30.3 Å². The van der Waals surface area contributed by atoms with Crippen LogP contribution in [-0.2, 0) is 14.3 Å². The van der Waals surface area contributed by atoms with Gasteiger partial charge in [0.05, 0.1) is 0 Å². The standard InChI is InChI=1S/C17H23NO4Se/c1-17(2,3)22-16(20)18-11-13(10-14(18)15(19)21-4)23-12-8-6-5-7-9-12/h5-9,13-14H,10-11H2,1-4H3. The summed E-state index contributed by atoms with van der Waals surface area (Å²) in [4.78, 5) is 26.2. The molecule has 1 heterocycles. The SMILES string of the molecule is COC(=O)C1CC([Se]c2ccccc2)CN1C(=O)OC(C)(C)C. The number of benzene rings is 1. The number of likely N-dealkylation sites (tertiary alicyclic amines) is 1. The quantitative estimate of drug-likeness (QED) is 0.591. The molecule has 1 aliphatic rings. The van der Waals surface area contributed by atoms with Crippen molar-refractivity contribution in [2.24, 2.45) is 0 Å². The van der Waals surface area contributed by atoms with Gasteiger partial charge < -0.3 is 0 Å². The zero-order chi connectivity index (χ0) is 17.0. The number of nitrogens with zero attached hydrogens (tertiary/aromatic N) is 1. The topological polar surface area (TPSA) is 55.8 Å². The van der Waals surface area contributed by atoms with Gasteiger partial charge in [-0.25, -0.2) is 0 Å². The van der Waals surface area contributed by atoms with E-state index in [1.807, 2.05) is 39.0 Å². The molecule has 0 aliphatic carbocycles. The molecule has 0 spiro atoms. The number of hydrogen-bond acceptors (Lipinski definition) is 4. The number of amides is 1. The summed E-state index contributed by atoms with van der Waals surface area (Å²) in [5, 5.41) is 0. The van der Waals surface area contributed by atoms with E-state index < -0.39 is 17.7 Å². The van der Waals surface area contributed by atoms with Crippen LogP contribution in [0.3, 0.4) is 0 Å². The van der Waals surface area contributed by atoms with Crippen LogP contribution in [0.25, 0.3) is 0 Å². The Morgan fingerprint density at radius 2 is 1.87 bits per heavy atom. The van der Waals surface area contributed by atoms with E-state index in [1.54, 1.807) is 0 Å². The van der Waals surface area contributed by atoms with Crippen LogP contribution in [-0.4, -0.2) is 57.2 Å². The summed E-state index contributed by atoms with van der Waals surface area (Å²) in [5.74, 6) is -0.373. The molecule has 0 radical (unpaired) electrons. The Kier molecular flexibility index (Phi) is 5.71. The first-order valence-corrected chi connectivity index (χ1v) is 9.44. The molecule has 0 N–H and O–H groups in total. The van der Waals surface area contributed by atoms with Gasteiger partial charge in [-0.3, -0.25) is 0 Å². The fourth-order valence-corrected chi connectivity index (χ4v) is 5.00. The number of esters is 1. The van der Waals surface area contributed by atoms with E-state index in [1.165, 1.54) is 16.5 Å². The van der Waals surface area contributed by atoms with E-state index in [9.17, 15) is 9.59 Å². The zero-order valence-electron chi connectivity index (χ0n) is 13.9. The molecule has 1 aliphatic heterocycles. The van der Waals surface area contributed by atoms with Crippen molar-refractivity contribution in [1.82, 2.24) is 4.90 Å². The summed E-state index contributed by atoms with van der Waals surface area (Å²) >= 11 is 0.199. The molecule has 23 heavy (non-hydrogen) atoms. The third-order valence-electron chi connectivity index (χ3n) is 3.41. The second-order valence-electron chi connectivity index (χ2n) is 6.46. The first kappa shape index (κ1) is 17.8. The van der Waals surface area contributed by atoms with Gasteiger partial charge in [-0.15, -0.1) is 0 Å². The molecule has 1 aromatic rings. The van der Waals surface area contributed by atoms with Crippen LogP contribution in [0.4, 0.5) is 4.79 Å². The predicted molar refractivity (Wildman–Crippen MR) is 88.9 cm³/mol. The fraction of sp³-hybridized carbons (Fsp3) is 0.529. The monoisotopic (exact) mass is 385 g/mol. The van der Waals surface area contributed by atoms with Crippen molar-refractivity contribution in [3.8, 4) is 0 Å². The average Bonchev–Trinajstić information content (AvgIpc) is 2.90. The van der Waals surface area contributed by atoms with Crippen LogP contribution in [0.5, 0.6) is 0 Å². The van der Waals surface area contributed by atoms with Gasteiger partial charge in [-0.1, -0.05) is 0 Å². The van der Waals surface area contributed by atoms with Gasteiger partial charge in [-0.05, 0) is 0 Å². The average molecular weight is 384 g/mol. The molecular formula is C17H23NO4Se. The Balaban J connectivity index is 2.09. The Hall–Kier alpha value is -1.52. The van der Waals surface area contributed by atoms with E-state index in [-0.39, 0.29) is 25.7 Å². The van der Waals surface area contributed by atoms with Gasteiger partial charge in [0.15, 0.2) is 0 Å². The van der Waals surface area contributed by atoms with E-state index in [4.69, 9.17) is 9.47 Å². The summed E-state index contributed by atoms with van der Waals surface area (Å²) in [6.45, 7) is 5.99. The maximum atomic E-state index is 12.4. The third-order valence-corrected chi connectivity index (χ3v) is 5.97. The Morgan fingerprint density at radius 3 is 2.43 bits per heavy atom. The van der Waals surface area contributed by atoms with Crippen molar-refractivity contribution in [3.05, 3.63) is 30.3 Å². The Labute approximate surface area is 143 Å². The van der Waals surface area contributed by atoms with Crippen molar-refractivity contribution < 1.29 is 19.1 Å². The van der Waals surface area contributed by atoms with E-state index in [2.05, 4.69) is 12.1 Å². The first-order chi connectivity index (χ1) is 10.8. The molecule has 0 aromatic heterocycles. The second kappa shape index (κ2) is 7.37. The zero-order valence-corrected chi connectivity index (χ0v) is 15.7. The van der Waals surface area contributed by atoms with Gasteiger partial charge >= 0.3 is 143 Å².